The number of halogens is 1. The first-order valence-corrected chi connectivity index (χ1v) is 9.69. The van der Waals surface area contributed by atoms with E-state index in [2.05, 4.69) is 4.98 Å². The maximum Gasteiger partial charge on any atom is 0.211 e. The SMILES string of the molecule is CS(=O)(=O)N1CC(c2c[nH]c3cc(F)ccc23)[C@@H]2C1CCN2C=O. The number of rotatable bonds is 3. The van der Waals surface area contributed by atoms with Crippen LogP contribution in [0.25, 0.3) is 10.9 Å². The van der Waals surface area contributed by atoms with E-state index in [0.29, 0.717) is 25.0 Å². The van der Waals surface area contributed by atoms with Gasteiger partial charge in [-0.15, -0.1) is 0 Å². The Morgan fingerprint density at radius 2 is 2.17 bits per heavy atom. The number of hydrogen-bond acceptors (Lipinski definition) is 3. The van der Waals surface area contributed by atoms with E-state index < -0.39 is 10.0 Å². The summed E-state index contributed by atoms with van der Waals surface area (Å²) >= 11 is 0. The monoisotopic (exact) mass is 351 g/mol. The summed E-state index contributed by atoms with van der Waals surface area (Å²) in [6.07, 6.45) is 4.46. The number of amides is 1. The van der Waals surface area contributed by atoms with Gasteiger partial charge in [-0.1, -0.05) is 0 Å². The largest absolute Gasteiger partial charge is 0.361 e. The fourth-order valence-electron chi connectivity index (χ4n) is 4.29. The number of hydrogen-bond donors (Lipinski definition) is 1. The molecule has 2 fully saturated rings. The second-order valence-electron chi connectivity index (χ2n) is 6.56. The summed E-state index contributed by atoms with van der Waals surface area (Å²) in [5.41, 5.74) is 1.61. The minimum atomic E-state index is -3.35. The van der Waals surface area contributed by atoms with Gasteiger partial charge in [0.2, 0.25) is 16.4 Å². The lowest BCUT2D eigenvalue weighted by atomic mass is 9.91. The number of H-pyrrole nitrogens is 1. The van der Waals surface area contributed by atoms with Crippen LogP contribution in [0.15, 0.2) is 24.4 Å². The standard InChI is InChI=1S/C16H18FN3O3S/c1-24(22,23)20-8-13(16-15(20)4-5-19(16)9-21)12-7-18-14-6-10(17)2-3-11(12)14/h2-3,6-7,9,13,15-16,18H,4-5,8H2,1H3/t13?,15?,16-/m1/s1. The predicted molar refractivity (Wildman–Crippen MR) is 87.5 cm³/mol. The van der Waals surface area contributed by atoms with Crippen LogP contribution < -0.4 is 0 Å². The van der Waals surface area contributed by atoms with Crippen molar-refractivity contribution in [3.63, 3.8) is 0 Å². The topological polar surface area (TPSA) is 73.5 Å². The molecule has 1 aromatic carbocycles. The van der Waals surface area contributed by atoms with Gasteiger partial charge in [0.15, 0.2) is 0 Å². The van der Waals surface area contributed by atoms with Crippen LogP contribution in [0.1, 0.15) is 17.9 Å². The van der Waals surface area contributed by atoms with Crippen LogP contribution in [0.5, 0.6) is 0 Å². The van der Waals surface area contributed by atoms with Gasteiger partial charge in [0.1, 0.15) is 5.82 Å². The molecule has 1 amide bonds. The Bertz CT molecular complexity index is 910. The van der Waals surface area contributed by atoms with Crippen molar-refractivity contribution in [3.8, 4) is 0 Å². The number of nitrogens with zero attached hydrogens (tertiary/aromatic N) is 2. The number of carbonyl (C=O) groups is 1. The Morgan fingerprint density at radius 3 is 2.88 bits per heavy atom. The van der Waals surface area contributed by atoms with E-state index in [0.717, 1.165) is 17.4 Å². The molecule has 3 heterocycles. The molecule has 8 heteroatoms. The third-order valence-electron chi connectivity index (χ3n) is 5.26. The number of aromatic amines is 1. The van der Waals surface area contributed by atoms with E-state index in [4.69, 9.17) is 0 Å². The quantitative estimate of drug-likeness (QED) is 0.846. The molecule has 0 radical (unpaired) electrons. The molecule has 2 saturated heterocycles. The molecule has 0 aliphatic carbocycles. The Kier molecular flexibility index (Phi) is 3.43. The minimum Gasteiger partial charge on any atom is -0.361 e. The summed E-state index contributed by atoms with van der Waals surface area (Å²) in [6.45, 7) is 0.890. The van der Waals surface area contributed by atoms with Crippen molar-refractivity contribution in [2.75, 3.05) is 19.3 Å². The molecule has 128 valence electrons. The first-order valence-electron chi connectivity index (χ1n) is 7.84. The maximum absolute atomic E-state index is 13.4. The van der Waals surface area contributed by atoms with E-state index in [1.807, 2.05) is 0 Å². The molecule has 2 unspecified atom stereocenters. The van der Waals surface area contributed by atoms with Crippen molar-refractivity contribution in [1.82, 2.24) is 14.2 Å². The highest BCUT2D eigenvalue weighted by Crippen LogP contribution is 2.43. The number of aromatic nitrogens is 1. The van der Waals surface area contributed by atoms with Gasteiger partial charge in [-0.05, 0) is 30.2 Å². The minimum absolute atomic E-state index is 0.128. The Morgan fingerprint density at radius 1 is 1.38 bits per heavy atom. The summed E-state index contributed by atoms with van der Waals surface area (Å²) in [5, 5.41) is 0.869. The summed E-state index contributed by atoms with van der Waals surface area (Å²) in [5.74, 6) is -0.454. The Balaban J connectivity index is 1.82. The van der Waals surface area contributed by atoms with Crippen molar-refractivity contribution in [1.29, 1.82) is 0 Å². The molecular weight excluding hydrogens is 333 g/mol. The van der Waals surface area contributed by atoms with E-state index in [9.17, 15) is 17.6 Å². The van der Waals surface area contributed by atoms with Crippen LogP contribution >= 0.6 is 0 Å². The summed E-state index contributed by atoms with van der Waals surface area (Å²) < 4.78 is 39.2. The molecule has 2 aliphatic heterocycles. The molecule has 1 N–H and O–H groups in total. The van der Waals surface area contributed by atoms with E-state index in [1.54, 1.807) is 17.2 Å². The van der Waals surface area contributed by atoms with E-state index in [1.165, 1.54) is 22.7 Å². The smallest absolute Gasteiger partial charge is 0.211 e. The molecule has 1 aromatic heterocycles. The van der Waals surface area contributed by atoms with Crippen LogP contribution in [-0.4, -0.2) is 60.4 Å². The third-order valence-corrected chi connectivity index (χ3v) is 6.53. The summed E-state index contributed by atoms with van der Waals surface area (Å²) in [4.78, 5) is 16.2. The van der Waals surface area contributed by atoms with E-state index >= 15 is 0 Å². The van der Waals surface area contributed by atoms with Crippen LogP contribution in [0, 0.1) is 5.82 Å². The second kappa shape index (κ2) is 5.29. The van der Waals surface area contributed by atoms with Gasteiger partial charge in [-0.2, -0.15) is 4.31 Å². The van der Waals surface area contributed by atoms with Gasteiger partial charge >= 0.3 is 0 Å². The fourth-order valence-corrected chi connectivity index (χ4v) is 5.44. The van der Waals surface area contributed by atoms with Gasteiger partial charge in [0.25, 0.3) is 0 Å². The highest BCUT2D eigenvalue weighted by atomic mass is 32.2. The van der Waals surface area contributed by atoms with Crippen molar-refractivity contribution >= 4 is 27.3 Å². The molecule has 6 nitrogen and oxygen atoms in total. The molecule has 2 aliphatic rings. The van der Waals surface area contributed by atoms with Crippen LogP contribution in [0.2, 0.25) is 0 Å². The fraction of sp³-hybridized carbons (Fsp3) is 0.438. The second-order valence-corrected chi connectivity index (χ2v) is 8.50. The first-order chi connectivity index (χ1) is 11.4. The zero-order valence-corrected chi connectivity index (χ0v) is 14.0. The van der Waals surface area contributed by atoms with Gasteiger partial charge in [-0.3, -0.25) is 4.79 Å². The summed E-state index contributed by atoms with van der Waals surface area (Å²) in [6, 6.07) is 4.15. The molecule has 3 atom stereocenters. The number of fused-ring (bicyclic) bond motifs is 2. The number of nitrogens with one attached hydrogen (secondary N) is 1. The van der Waals surface area contributed by atoms with Gasteiger partial charge in [0, 0.05) is 42.1 Å². The van der Waals surface area contributed by atoms with Crippen LogP contribution in [-0.2, 0) is 14.8 Å². The summed E-state index contributed by atoms with van der Waals surface area (Å²) in [7, 11) is -3.35. The number of likely N-dealkylation sites (tertiary alicyclic amines) is 1. The average Bonchev–Trinajstić information content (AvgIpc) is 3.18. The van der Waals surface area contributed by atoms with Crippen molar-refractivity contribution < 1.29 is 17.6 Å². The number of benzene rings is 1. The van der Waals surface area contributed by atoms with E-state index in [-0.39, 0.29) is 23.8 Å². The predicted octanol–water partition coefficient (Wildman–Crippen LogP) is 1.27. The highest BCUT2D eigenvalue weighted by Gasteiger charge is 2.52. The average molecular weight is 351 g/mol. The molecule has 24 heavy (non-hydrogen) atoms. The van der Waals surface area contributed by atoms with Gasteiger partial charge in [0.05, 0.1) is 12.3 Å². The van der Waals surface area contributed by atoms with Crippen LogP contribution in [0.4, 0.5) is 4.39 Å². The maximum atomic E-state index is 13.4. The Hall–Kier alpha value is -1.93. The lowest BCUT2D eigenvalue weighted by Gasteiger charge is -2.25. The normalized spacial score (nSPS) is 27.8. The molecule has 2 aromatic rings. The molecule has 0 bridgehead atoms. The lowest BCUT2D eigenvalue weighted by Crippen LogP contribution is -2.39. The van der Waals surface area contributed by atoms with Crippen molar-refractivity contribution in [2.24, 2.45) is 0 Å². The number of carbonyl (C=O) groups excluding carboxylic acids is 1. The highest BCUT2D eigenvalue weighted by molar-refractivity contribution is 7.88. The molecule has 0 saturated carbocycles. The zero-order valence-electron chi connectivity index (χ0n) is 13.1. The zero-order chi connectivity index (χ0) is 17.1. The van der Waals surface area contributed by atoms with Crippen molar-refractivity contribution in [3.05, 3.63) is 35.8 Å². The van der Waals surface area contributed by atoms with Gasteiger partial charge in [-0.25, -0.2) is 12.8 Å². The Labute approximate surface area is 139 Å². The third kappa shape index (κ3) is 2.24. The molecule has 4 rings (SSSR count). The lowest BCUT2D eigenvalue weighted by molar-refractivity contribution is -0.119. The van der Waals surface area contributed by atoms with Gasteiger partial charge < -0.3 is 9.88 Å². The molecule has 0 spiro atoms. The van der Waals surface area contributed by atoms with Crippen LogP contribution in [0.3, 0.4) is 0 Å². The first kappa shape index (κ1) is 15.6. The van der Waals surface area contributed by atoms with Crippen molar-refractivity contribution in [2.45, 2.75) is 24.4 Å². The number of sulfonamides is 1. The molecular formula is C16H18FN3O3S.